The van der Waals surface area contributed by atoms with Gasteiger partial charge in [0.15, 0.2) is 11.5 Å². The summed E-state index contributed by atoms with van der Waals surface area (Å²) in [7, 11) is 3.20. The number of carboxylic acids is 1. The van der Waals surface area contributed by atoms with Crippen LogP contribution in [-0.2, 0) is 4.79 Å². The Bertz CT molecular complexity index is 549. The molecule has 1 aliphatic rings. The first-order valence-electron chi connectivity index (χ1n) is 7.43. The SMILES string of the molecule is CCC(c1cc(OC)c(OC)cc1Br)N1CCCC1C(=O)O. The third-order valence-corrected chi connectivity index (χ3v) is 4.91. The third kappa shape index (κ3) is 3.22. The van der Waals surface area contributed by atoms with Gasteiger partial charge in [-0.3, -0.25) is 9.69 Å². The summed E-state index contributed by atoms with van der Waals surface area (Å²) in [5, 5.41) is 9.43. The molecule has 0 amide bonds. The Balaban J connectivity index is 2.41. The minimum Gasteiger partial charge on any atom is -0.493 e. The monoisotopic (exact) mass is 371 g/mol. The van der Waals surface area contributed by atoms with Crippen LogP contribution in [0.1, 0.15) is 37.8 Å². The molecule has 122 valence electrons. The summed E-state index contributed by atoms with van der Waals surface area (Å²) in [5.74, 6) is 0.571. The first-order valence-corrected chi connectivity index (χ1v) is 8.22. The first-order chi connectivity index (χ1) is 10.5. The van der Waals surface area contributed by atoms with Crippen LogP contribution in [-0.4, -0.2) is 42.8 Å². The molecule has 5 nitrogen and oxygen atoms in total. The molecule has 0 spiro atoms. The van der Waals surface area contributed by atoms with Crippen molar-refractivity contribution in [3.05, 3.63) is 22.2 Å². The van der Waals surface area contributed by atoms with Crippen molar-refractivity contribution in [1.29, 1.82) is 0 Å². The molecule has 2 atom stereocenters. The minimum absolute atomic E-state index is 0.0396. The molecular formula is C16H22BrNO4. The lowest BCUT2D eigenvalue weighted by Gasteiger charge is -2.31. The second-order valence-electron chi connectivity index (χ2n) is 5.39. The number of likely N-dealkylation sites (tertiary alicyclic amines) is 1. The number of benzene rings is 1. The Hall–Kier alpha value is -1.27. The zero-order chi connectivity index (χ0) is 16.3. The van der Waals surface area contributed by atoms with E-state index in [9.17, 15) is 9.90 Å². The van der Waals surface area contributed by atoms with Gasteiger partial charge in [0.1, 0.15) is 6.04 Å². The highest BCUT2D eigenvalue weighted by Crippen LogP contribution is 2.40. The van der Waals surface area contributed by atoms with Crippen LogP contribution in [0.2, 0.25) is 0 Å². The lowest BCUT2D eigenvalue weighted by Crippen LogP contribution is -2.38. The van der Waals surface area contributed by atoms with E-state index < -0.39 is 12.0 Å². The maximum atomic E-state index is 11.5. The Morgan fingerprint density at radius 3 is 2.59 bits per heavy atom. The molecule has 0 aromatic heterocycles. The summed E-state index contributed by atoms with van der Waals surface area (Å²) in [6.07, 6.45) is 2.45. The van der Waals surface area contributed by atoms with Crippen molar-refractivity contribution in [3.63, 3.8) is 0 Å². The summed E-state index contributed by atoms with van der Waals surface area (Å²) >= 11 is 3.59. The van der Waals surface area contributed by atoms with Crippen LogP contribution < -0.4 is 9.47 Å². The molecule has 22 heavy (non-hydrogen) atoms. The van der Waals surface area contributed by atoms with Crippen molar-refractivity contribution in [2.75, 3.05) is 20.8 Å². The van der Waals surface area contributed by atoms with E-state index >= 15 is 0 Å². The second kappa shape index (κ2) is 7.33. The highest BCUT2D eigenvalue weighted by molar-refractivity contribution is 9.10. The normalized spacial score (nSPS) is 19.9. The van der Waals surface area contributed by atoms with Gasteiger partial charge >= 0.3 is 5.97 Å². The molecule has 1 heterocycles. The van der Waals surface area contributed by atoms with Crippen molar-refractivity contribution in [2.24, 2.45) is 0 Å². The van der Waals surface area contributed by atoms with Gasteiger partial charge in [0.2, 0.25) is 0 Å². The van der Waals surface area contributed by atoms with Crippen molar-refractivity contribution < 1.29 is 19.4 Å². The predicted molar refractivity (Wildman–Crippen MR) is 87.6 cm³/mol. The molecule has 2 unspecified atom stereocenters. The molecule has 1 aliphatic heterocycles. The first kappa shape index (κ1) is 17.1. The van der Waals surface area contributed by atoms with Crippen molar-refractivity contribution >= 4 is 21.9 Å². The number of carbonyl (C=O) groups is 1. The molecule has 1 N–H and O–H groups in total. The Kier molecular flexibility index (Phi) is 5.69. The summed E-state index contributed by atoms with van der Waals surface area (Å²) in [6.45, 7) is 2.88. The molecule has 6 heteroatoms. The van der Waals surface area contributed by atoms with Crippen LogP contribution in [0.3, 0.4) is 0 Å². The van der Waals surface area contributed by atoms with Crippen LogP contribution in [0.15, 0.2) is 16.6 Å². The van der Waals surface area contributed by atoms with Gasteiger partial charge in [-0.15, -0.1) is 0 Å². The molecule has 2 rings (SSSR count). The lowest BCUT2D eigenvalue weighted by atomic mass is 10.0. The number of rotatable bonds is 6. The molecule has 0 saturated carbocycles. The van der Waals surface area contributed by atoms with E-state index in [1.807, 2.05) is 12.1 Å². The van der Waals surface area contributed by atoms with E-state index in [0.29, 0.717) is 17.9 Å². The zero-order valence-corrected chi connectivity index (χ0v) is 14.7. The van der Waals surface area contributed by atoms with Crippen LogP contribution in [0.4, 0.5) is 0 Å². The van der Waals surface area contributed by atoms with E-state index in [0.717, 1.165) is 29.4 Å². The Morgan fingerprint density at radius 1 is 1.41 bits per heavy atom. The van der Waals surface area contributed by atoms with E-state index in [1.165, 1.54) is 0 Å². The molecule has 1 aromatic carbocycles. The van der Waals surface area contributed by atoms with Crippen LogP contribution in [0.5, 0.6) is 11.5 Å². The molecule has 0 radical (unpaired) electrons. The van der Waals surface area contributed by atoms with Gasteiger partial charge < -0.3 is 14.6 Å². The fraction of sp³-hybridized carbons (Fsp3) is 0.562. The number of hydrogen-bond donors (Lipinski definition) is 1. The van der Waals surface area contributed by atoms with Gasteiger partial charge in [-0.1, -0.05) is 22.9 Å². The third-order valence-electron chi connectivity index (χ3n) is 4.23. The van der Waals surface area contributed by atoms with E-state index in [-0.39, 0.29) is 6.04 Å². The number of nitrogens with zero attached hydrogens (tertiary/aromatic N) is 1. The van der Waals surface area contributed by atoms with Gasteiger partial charge in [0, 0.05) is 10.5 Å². The number of methoxy groups -OCH3 is 2. The average Bonchev–Trinajstić information content (AvgIpc) is 2.98. The van der Waals surface area contributed by atoms with Gasteiger partial charge in [-0.2, -0.15) is 0 Å². The number of carboxylic acid groups (broad SMARTS) is 1. The fourth-order valence-corrected chi connectivity index (χ4v) is 3.77. The molecule has 0 bridgehead atoms. The van der Waals surface area contributed by atoms with Gasteiger partial charge in [0.05, 0.1) is 14.2 Å². The summed E-state index contributed by atoms with van der Waals surface area (Å²) in [6, 6.07) is 3.44. The molecule has 1 saturated heterocycles. The molecule has 0 aliphatic carbocycles. The molecule has 1 aromatic rings. The minimum atomic E-state index is -0.743. The second-order valence-corrected chi connectivity index (χ2v) is 6.24. The van der Waals surface area contributed by atoms with Crippen molar-refractivity contribution in [2.45, 2.75) is 38.3 Å². The summed E-state index contributed by atoms with van der Waals surface area (Å²) in [4.78, 5) is 13.6. The highest BCUT2D eigenvalue weighted by atomic mass is 79.9. The average molecular weight is 372 g/mol. The van der Waals surface area contributed by atoms with Crippen molar-refractivity contribution in [3.8, 4) is 11.5 Å². The standard InChI is InChI=1S/C16H22BrNO4/c1-4-12(18-7-5-6-13(18)16(19)20)10-8-14(21-2)15(22-3)9-11(10)17/h8-9,12-13H,4-7H2,1-3H3,(H,19,20). The largest absolute Gasteiger partial charge is 0.493 e. The number of hydrogen-bond acceptors (Lipinski definition) is 4. The summed E-state index contributed by atoms with van der Waals surface area (Å²) in [5.41, 5.74) is 1.04. The van der Waals surface area contributed by atoms with Crippen LogP contribution in [0, 0.1) is 0 Å². The summed E-state index contributed by atoms with van der Waals surface area (Å²) < 4.78 is 11.6. The van der Waals surface area contributed by atoms with E-state index in [4.69, 9.17) is 9.47 Å². The molecule has 1 fully saturated rings. The van der Waals surface area contributed by atoms with E-state index in [1.54, 1.807) is 14.2 Å². The predicted octanol–water partition coefficient (Wildman–Crippen LogP) is 3.47. The Morgan fingerprint density at radius 2 is 2.05 bits per heavy atom. The smallest absolute Gasteiger partial charge is 0.320 e. The highest BCUT2D eigenvalue weighted by Gasteiger charge is 2.36. The number of halogens is 1. The Labute approximate surface area is 139 Å². The van der Waals surface area contributed by atoms with Gasteiger partial charge in [-0.05, 0) is 43.5 Å². The topological polar surface area (TPSA) is 59.0 Å². The lowest BCUT2D eigenvalue weighted by molar-refractivity contribution is -0.143. The van der Waals surface area contributed by atoms with Gasteiger partial charge in [-0.25, -0.2) is 0 Å². The van der Waals surface area contributed by atoms with E-state index in [2.05, 4.69) is 27.8 Å². The fourth-order valence-electron chi connectivity index (χ4n) is 3.19. The maximum absolute atomic E-state index is 11.5. The zero-order valence-electron chi connectivity index (χ0n) is 13.1. The number of aliphatic carboxylic acids is 1. The van der Waals surface area contributed by atoms with Crippen LogP contribution in [0.25, 0.3) is 0 Å². The van der Waals surface area contributed by atoms with Crippen LogP contribution >= 0.6 is 15.9 Å². The quantitative estimate of drug-likeness (QED) is 0.829. The molecular weight excluding hydrogens is 350 g/mol. The maximum Gasteiger partial charge on any atom is 0.320 e. The van der Waals surface area contributed by atoms with Gasteiger partial charge in [0.25, 0.3) is 0 Å². The van der Waals surface area contributed by atoms with Crippen molar-refractivity contribution in [1.82, 2.24) is 4.90 Å². The number of ether oxygens (including phenoxy) is 2.